The second-order valence-electron chi connectivity index (χ2n) is 9.00. The summed E-state index contributed by atoms with van der Waals surface area (Å²) in [4.78, 5) is 0. The highest BCUT2D eigenvalue weighted by Gasteiger charge is 2.50. The van der Waals surface area contributed by atoms with E-state index in [9.17, 15) is 0 Å². The van der Waals surface area contributed by atoms with Crippen LogP contribution in [0.15, 0.2) is 60.7 Å². The van der Waals surface area contributed by atoms with E-state index in [0.29, 0.717) is 11.8 Å². The zero-order chi connectivity index (χ0) is 19.9. The van der Waals surface area contributed by atoms with Gasteiger partial charge in [-0.1, -0.05) is 95.3 Å². The van der Waals surface area contributed by atoms with Gasteiger partial charge in [-0.15, -0.1) is 0 Å². The fraction of sp³-hybridized carbons (Fsp3) is 0.500. The molecule has 2 aromatic carbocycles. The standard InChI is InChI=1S/C24H37NOSi/c1-20(16-17-25)18-21(2)19-26-27(24(3,4)5,22-12-8-6-9-13-22)23-14-10-7-11-15-23/h6-15,20-21H,16-19,25H2,1-5H3/t20-,21+/m1/s1. The lowest BCUT2D eigenvalue weighted by Gasteiger charge is -2.43. The van der Waals surface area contributed by atoms with E-state index in [1.165, 1.54) is 10.4 Å². The van der Waals surface area contributed by atoms with Crippen molar-refractivity contribution in [3.05, 3.63) is 60.7 Å². The molecule has 0 heterocycles. The molecule has 0 bridgehead atoms. The van der Waals surface area contributed by atoms with E-state index in [-0.39, 0.29) is 5.04 Å². The summed E-state index contributed by atoms with van der Waals surface area (Å²) >= 11 is 0. The van der Waals surface area contributed by atoms with Crippen LogP contribution in [0.25, 0.3) is 0 Å². The first kappa shape index (κ1) is 21.9. The van der Waals surface area contributed by atoms with Crippen molar-refractivity contribution in [2.75, 3.05) is 13.2 Å². The molecule has 0 amide bonds. The average molecular weight is 384 g/mol. The minimum Gasteiger partial charge on any atom is -0.407 e. The van der Waals surface area contributed by atoms with Gasteiger partial charge in [0.25, 0.3) is 8.32 Å². The normalized spacial score (nSPS) is 14.7. The van der Waals surface area contributed by atoms with Crippen molar-refractivity contribution in [3.8, 4) is 0 Å². The summed E-state index contributed by atoms with van der Waals surface area (Å²) in [6, 6.07) is 21.8. The Morgan fingerprint density at radius 1 is 0.852 bits per heavy atom. The summed E-state index contributed by atoms with van der Waals surface area (Å²) in [5, 5.41) is 2.75. The van der Waals surface area contributed by atoms with Crippen LogP contribution in [0, 0.1) is 11.8 Å². The first-order valence-corrected chi connectivity index (χ1v) is 12.2. The van der Waals surface area contributed by atoms with Crippen LogP contribution in [-0.4, -0.2) is 21.5 Å². The molecule has 2 rings (SSSR count). The van der Waals surface area contributed by atoms with Crippen molar-refractivity contribution in [2.45, 2.75) is 52.5 Å². The topological polar surface area (TPSA) is 35.2 Å². The zero-order valence-electron chi connectivity index (χ0n) is 17.7. The third-order valence-electron chi connectivity index (χ3n) is 5.47. The number of hydrogen-bond acceptors (Lipinski definition) is 2. The number of nitrogens with two attached hydrogens (primary N) is 1. The van der Waals surface area contributed by atoms with Gasteiger partial charge in [0.2, 0.25) is 0 Å². The van der Waals surface area contributed by atoms with Gasteiger partial charge in [0.15, 0.2) is 0 Å². The van der Waals surface area contributed by atoms with E-state index >= 15 is 0 Å². The van der Waals surface area contributed by atoms with Crippen LogP contribution >= 0.6 is 0 Å². The lowest BCUT2D eigenvalue weighted by molar-refractivity contribution is 0.221. The molecule has 0 spiro atoms. The van der Waals surface area contributed by atoms with Crippen molar-refractivity contribution in [1.29, 1.82) is 0 Å². The van der Waals surface area contributed by atoms with Crippen molar-refractivity contribution >= 4 is 18.7 Å². The highest BCUT2D eigenvalue weighted by Crippen LogP contribution is 2.37. The first-order valence-electron chi connectivity index (χ1n) is 10.3. The predicted octanol–water partition coefficient (Wildman–Crippen LogP) is 4.57. The van der Waals surface area contributed by atoms with E-state index in [2.05, 4.69) is 95.3 Å². The molecule has 0 aliphatic carbocycles. The Balaban J connectivity index is 2.38. The molecule has 3 heteroatoms. The smallest absolute Gasteiger partial charge is 0.261 e. The molecular weight excluding hydrogens is 346 g/mol. The van der Waals surface area contributed by atoms with E-state index in [1.54, 1.807) is 0 Å². The second kappa shape index (κ2) is 9.68. The average Bonchev–Trinajstić information content (AvgIpc) is 2.63. The van der Waals surface area contributed by atoms with E-state index < -0.39 is 8.32 Å². The Morgan fingerprint density at radius 3 is 1.74 bits per heavy atom. The molecule has 2 N–H and O–H groups in total. The summed E-state index contributed by atoms with van der Waals surface area (Å²) < 4.78 is 7.01. The monoisotopic (exact) mass is 383 g/mol. The van der Waals surface area contributed by atoms with Crippen molar-refractivity contribution < 1.29 is 4.43 Å². The number of hydrogen-bond donors (Lipinski definition) is 1. The Kier molecular flexibility index (Phi) is 7.84. The van der Waals surface area contributed by atoms with Crippen molar-refractivity contribution in [1.82, 2.24) is 0 Å². The number of rotatable bonds is 9. The lowest BCUT2D eigenvalue weighted by Crippen LogP contribution is -2.66. The molecule has 27 heavy (non-hydrogen) atoms. The Bertz CT molecular complexity index is 626. The van der Waals surface area contributed by atoms with Crippen molar-refractivity contribution in [3.63, 3.8) is 0 Å². The summed E-state index contributed by atoms with van der Waals surface area (Å²) in [6.07, 6.45) is 2.25. The van der Waals surface area contributed by atoms with E-state index in [1.807, 2.05) is 0 Å². The van der Waals surface area contributed by atoms with Crippen LogP contribution in [-0.2, 0) is 4.43 Å². The SMILES string of the molecule is C[C@H](CCN)C[C@H](C)CO[Si](c1ccccc1)(c1ccccc1)C(C)(C)C. The van der Waals surface area contributed by atoms with Crippen LogP contribution < -0.4 is 16.1 Å². The highest BCUT2D eigenvalue weighted by molar-refractivity contribution is 6.99. The van der Waals surface area contributed by atoms with E-state index in [0.717, 1.165) is 26.0 Å². The second-order valence-corrected chi connectivity index (χ2v) is 13.3. The summed E-state index contributed by atoms with van der Waals surface area (Å²) in [7, 11) is -2.41. The molecule has 2 atom stereocenters. The maximum absolute atomic E-state index is 7.01. The molecule has 148 valence electrons. The van der Waals surface area contributed by atoms with Gasteiger partial charge in [0, 0.05) is 6.61 Å². The van der Waals surface area contributed by atoms with Crippen molar-refractivity contribution in [2.24, 2.45) is 17.6 Å². The van der Waals surface area contributed by atoms with Gasteiger partial charge < -0.3 is 10.2 Å². The van der Waals surface area contributed by atoms with Gasteiger partial charge in [-0.05, 0) is 46.6 Å². The molecule has 0 aromatic heterocycles. The predicted molar refractivity (Wildman–Crippen MR) is 120 cm³/mol. The lowest BCUT2D eigenvalue weighted by atomic mass is 9.95. The molecular formula is C24H37NOSi. The van der Waals surface area contributed by atoms with Crippen LogP contribution in [0.3, 0.4) is 0 Å². The molecule has 0 radical (unpaired) electrons. The van der Waals surface area contributed by atoms with Gasteiger partial charge in [0.05, 0.1) is 0 Å². The molecule has 0 saturated carbocycles. The van der Waals surface area contributed by atoms with Gasteiger partial charge in [-0.3, -0.25) is 0 Å². The molecule has 0 saturated heterocycles. The minimum absolute atomic E-state index is 0.0400. The Labute approximate surface area is 167 Å². The van der Waals surface area contributed by atoms with Crippen LogP contribution in [0.1, 0.15) is 47.5 Å². The molecule has 2 aromatic rings. The Hall–Kier alpha value is -1.42. The maximum Gasteiger partial charge on any atom is 0.261 e. The fourth-order valence-electron chi connectivity index (χ4n) is 4.19. The van der Waals surface area contributed by atoms with Crippen LogP contribution in [0.4, 0.5) is 0 Å². The zero-order valence-corrected chi connectivity index (χ0v) is 18.7. The fourth-order valence-corrected chi connectivity index (χ4v) is 8.88. The largest absolute Gasteiger partial charge is 0.407 e. The molecule has 0 aliphatic heterocycles. The molecule has 2 nitrogen and oxygen atoms in total. The van der Waals surface area contributed by atoms with Crippen LogP contribution in [0.5, 0.6) is 0 Å². The van der Waals surface area contributed by atoms with Gasteiger partial charge in [-0.25, -0.2) is 0 Å². The third kappa shape index (κ3) is 5.31. The summed E-state index contributed by atoms with van der Waals surface area (Å²) in [5.74, 6) is 1.17. The van der Waals surface area contributed by atoms with Gasteiger partial charge in [0.1, 0.15) is 0 Å². The minimum atomic E-state index is -2.41. The van der Waals surface area contributed by atoms with Gasteiger partial charge in [-0.2, -0.15) is 0 Å². The first-order chi connectivity index (χ1) is 12.8. The summed E-state index contributed by atoms with van der Waals surface area (Å²) in [6.45, 7) is 13.2. The summed E-state index contributed by atoms with van der Waals surface area (Å²) in [5.41, 5.74) is 5.73. The van der Waals surface area contributed by atoms with E-state index in [4.69, 9.17) is 10.2 Å². The molecule has 0 fully saturated rings. The van der Waals surface area contributed by atoms with Gasteiger partial charge >= 0.3 is 0 Å². The molecule has 0 aliphatic rings. The highest BCUT2D eigenvalue weighted by atomic mass is 28.4. The molecule has 0 unspecified atom stereocenters. The quantitative estimate of drug-likeness (QED) is 0.644. The maximum atomic E-state index is 7.01. The van der Waals surface area contributed by atoms with Crippen LogP contribution in [0.2, 0.25) is 5.04 Å². The Morgan fingerprint density at radius 2 is 1.33 bits per heavy atom. The number of benzene rings is 2. The third-order valence-corrected chi connectivity index (χ3v) is 10.5.